The number of urea groups is 1. The van der Waals surface area contributed by atoms with Crippen molar-refractivity contribution in [1.82, 2.24) is 5.43 Å². The van der Waals surface area contributed by atoms with Crippen molar-refractivity contribution in [3.8, 4) is 0 Å². The lowest BCUT2D eigenvalue weighted by atomic mass is 10.2. The molecule has 0 saturated heterocycles. The minimum atomic E-state index is -0.461. The molecule has 0 aromatic heterocycles. The fourth-order valence-electron chi connectivity index (χ4n) is 1.77. The molecule has 0 heterocycles. The molecule has 0 fully saturated rings. The molecule has 0 unspecified atom stereocenters. The van der Waals surface area contributed by atoms with E-state index in [4.69, 9.17) is 0 Å². The summed E-state index contributed by atoms with van der Waals surface area (Å²) >= 11 is 1.90. The molecule has 6 nitrogen and oxygen atoms in total. The van der Waals surface area contributed by atoms with Crippen LogP contribution in [0.4, 0.5) is 16.2 Å². The standard InChI is InChI=1S/C16H24N4O2S/c1-3-4-11-23-12-5-6-15(21)18-13-7-9-14(10-8-13)19-16(22)20-17-2/h7-10H,2-6,11-12H2,1H3,(H,18,21)(H2,19,20,22). The minimum absolute atomic E-state index is 0.00963. The first kappa shape index (κ1) is 19.0. The quantitative estimate of drug-likeness (QED) is 0.346. The van der Waals surface area contributed by atoms with Crippen molar-refractivity contribution in [3.05, 3.63) is 24.3 Å². The number of nitrogens with zero attached hydrogens (tertiary/aromatic N) is 1. The Morgan fingerprint density at radius 2 is 1.70 bits per heavy atom. The van der Waals surface area contributed by atoms with Crippen molar-refractivity contribution in [3.63, 3.8) is 0 Å². The summed E-state index contributed by atoms with van der Waals surface area (Å²) in [5.74, 6) is 2.19. The topological polar surface area (TPSA) is 82.6 Å². The van der Waals surface area contributed by atoms with Crippen LogP contribution in [0.3, 0.4) is 0 Å². The first-order chi connectivity index (χ1) is 11.2. The number of anilines is 2. The molecular formula is C16H24N4O2S. The van der Waals surface area contributed by atoms with Gasteiger partial charge in [-0.1, -0.05) is 13.3 Å². The van der Waals surface area contributed by atoms with Gasteiger partial charge >= 0.3 is 6.03 Å². The van der Waals surface area contributed by atoms with Crippen LogP contribution < -0.4 is 16.1 Å². The van der Waals surface area contributed by atoms with E-state index in [9.17, 15) is 9.59 Å². The summed E-state index contributed by atoms with van der Waals surface area (Å²) in [6.07, 6.45) is 3.85. The van der Waals surface area contributed by atoms with E-state index in [1.807, 2.05) is 11.8 Å². The van der Waals surface area contributed by atoms with Crippen LogP contribution in [0.25, 0.3) is 0 Å². The average molecular weight is 336 g/mol. The van der Waals surface area contributed by atoms with Crippen LogP contribution in [0.5, 0.6) is 0 Å². The summed E-state index contributed by atoms with van der Waals surface area (Å²) < 4.78 is 0. The van der Waals surface area contributed by atoms with Gasteiger partial charge in [0.25, 0.3) is 0 Å². The lowest BCUT2D eigenvalue weighted by molar-refractivity contribution is -0.116. The number of benzene rings is 1. The average Bonchev–Trinajstić information content (AvgIpc) is 2.53. The molecule has 0 bridgehead atoms. The molecule has 126 valence electrons. The Kier molecular flexibility index (Phi) is 9.54. The summed E-state index contributed by atoms with van der Waals surface area (Å²) in [5, 5.41) is 8.70. The Morgan fingerprint density at radius 3 is 2.30 bits per heavy atom. The zero-order valence-corrected chi connectivity index (χ0v) is 14.2. The molecule has 0 radical (unpaired) electrons. The maximum atomic E-state index is 11.8. The molecule has 1 aromatic rings. The van der Waals surface area contributed by atoms with Gasteiger partial charge in [0.05, 0.1) is 0 Å². The van der Waals surface area contributed by atoms with E-state index in [2.05, 4.69) is 34.8 Å². The highest BCUT2D eigenvalue weighted by Crippen LogP contribution is 2.14. The zero-order valence-electron chi connectivity index (χ0n) is 13.4. The molecule has 1 rings (SSSR count). The second kappa shape index (κ2) is 11.5. The van der Waals surface area contributed by atoms with E-state index in [0.717, 1.165) is 12.2 Å². The van der Waals surface area contributed by atoms with E-state index in [1.165, 1.54) is 18.6 Å². The second-order valence-corrected chi connectivity index (χ2v) is 6.14. The number of carbonyl (C=O) groups is 2. The van der Waals surface area contributed by atoms with E-state index in [-0.39, 0.29) is 5.91 Å². The number of thioether (sulfide) groups is 1. The molecular weight excluding hydrogens is 312 g/mol. The molecule has 0 spiro atoms. The van der Waals surface area contributed by atoms with Crippen molar-refractivity contribution in [1.29, 1.82) is 0 Å². The number of amides is 3. The maximum Gasteiger partial charge on any atom is 0.339 e. The summed E-state index contributed by atoms with van der Waals surface area (Å²) in [4.78, 5) is 23.1. The van der Waals surface area contributed by atoms with Crippen LogP contribution in [0.1, 0.15) is 32.6 Å². The predicted octanol–water partition coefficient (Wildman–Crippen LogP) is 3.68. The summed E-state index contributed by atoms with van der Waals surface area (Å²) in [5.41, 5.74) is 3.49. The van der Waals surface area contributed by atoms with Gasteiger partial charge < -0.3 is 10.6 Å². The molecule has 23 heavy (non-hydrogen) atoms. The number of unbranched alkanes of at least 4 members (excludes halogenated alkanes) is 1. The van der Waals surface area contributed by atoms with Gasteiger partial charge in [-0.15, -0.1) is 0 Å². The van der Waals surface area contributed by atoms with Gasteiger partial charge in [-0.2, -0.15) is 16.9 Å². The summed E-state index contributed by atoms with van der Waals surface area (Å²) in [6, 6.07) is 6.44. The Labute approximate surface area is 141 Å². The monoisotopic (exact) mass is 336 g/mol. The largest absolute Gasteiger partial charge is 0.339 e. The molecule has 0 aliphatic carbocycles. The van der Waals surface area contributed by atoms with E-state index < -0.39 is 6.03 Å². The number of hydrogen-bond donors (Lipinski definition) is 3. The van der Waals surface area contributed by atoms with Gasteiger partial charge in [0.15, 0.2) is 0 Å². The SMILES string of the molecule is C=NNC(=O)Nc1ccc(NC(=O)CCCSCCCC)cc1. The van der Waals surface area contributed by atoms with Crippen molar-refractivity contribution in [2.45, 2.75) is 32.6 Å². The molecule has 3 N–H and O–H groups in total. The van der Waals surface area contributed by atoms with Gasteiger partial charge in [0.1, 0.15) is 0 Å². The van der Waals surface area contributed by atoms with Crippen LogP contribution in [-0.2, 0) is 4.79 Å². The van der Waals surface area contributed by atoms with Crippen molar-refractivity contribution in [2.24, 2.45) is 5.10 Å². The summed E-state index contributed by atoms with van der Waals surface area (Å²) in [7, 11) is 0. The highest BCUT2D eigenvalue weighted by atomic mass is 32.2. The third kappa shape index (κ3) is 8.87. The number of nitrogens with one attached hydrogen (secondary N) is 3. The van der Waals surface area contributed by atoms with Crippen LogP contribution in [0, 0.1) is 0 Å². The van der Waals surface area contributed by atoms with Gasteiger partial charge in [-0.3, -0.25) is 4.79 Å². The molecule has 0 aliphatic heterocycles. The molecule has 7 heteroatoms. The van der Waals surface area contributed by atoms with Gasteiger partial charge in [0, 0.05) is 24.5 Å². The number of carbonyl (C=O) groups excluding carboxylic acids is 2. The number of hydrogen-bond acceptors (Lipinski definition) is 4. The van der Waals surface area contributed by atoms with Crippen LogP contribution in [0.15, 0.2) is 29.4 Å². The lowest BCUT2D eigenvalue weighted by Crippen LogP contribution is -2.23. The smallest absolute Gasteiger partial charge is 0.326 e. The van der Waals surface area contributed by atoms with Crippen molar-refractivity contribution in [2.75, 3.05) is 22.1 Å². The van der Waals surface area contributed by atoms with Gasteiger partial charge in [-0.05, 0) is 48.6 Å². The Bertz CT molecular complexity index is 505. The van der Waals surface area contributed by atoms with E-state index in [0.29, 0.717) is 17.8 Å². The number of rotatable bonds is 10. The van der Waals surface area contributed by atoms with Crippen molar-refractivity contribution >= 4 is 41.8 Å². The van der Waals surface area contributed by atoms with E-state index >= 15 is 0 Å². The maximum absolute atomic E-state index is 11.8. The van der Waals surface area contributed by atoms with Gasteiger partial charge in [0.2, 0.25) is 5.91 Å². The molecule has 3 amide bonds. The van der Waals surface area contributed by atoms with Crippen molar-refractivity contribution < 1.29 is 9.59 Å². The Morgan fingerprint density at radius 1 is 1.09 bits per heavy atom. The third-order valence-electron chi connectivity index (χ3n) is 2.94. The normalized spacial score (nSPS) is 9.96. The van der Waals surface area contributed by atoms with Crippen LogP contribution >= 0.6 is 11.8 Å². The Balaban J connectivity index is 2.27. The highest BCUT2D eigenvalue weighted by Gasteiger charge is 2.04. The number of hydrazone groups is 1. The summed E-state index contributed by atoms with van der Waals surface area (Å²) in [6.45, 7) is 5.34. The second-order valence-electron chi connectivity index (χ2n) is 4.92. The Hall–Kier alpha value is -2.02. The third-order valence-corrected chi connectivity index (χ3v) is 4.10. The molecule has 0 saturated carbocycles. The fourth-order valence-corrected chi connectivity index (χ4v) is 2.82. The minimum Gasteiger partial charge on any atom is -0.326 e. The zero-order chi connectivity index (χ0) is 16.9. The van der Waals surface area contributed by atoms with Crippen LogP contribution in [-0.4, -0.2) is 30.2 Å². The first-order valence-corrected chi connectivity index (χ1v) is 8.81. The van der Waals surface area contributed by atoms with Crippen LogP contribution in [0.2, 0.25) is 0 Å². The molecule has 1 aromatic carbocycles. The fraction of sp³-hybridized carbons (Fsp3) is 0.438. The molecule has 0 aliphatic rings. The molecule has 0 atom stereocenters. The lowest BCUT2D eigenvalue weighted by Gasteiger charge is -2.07. The predicted molar refractivity (Wildman–Crippen MR) is 98.2 cm³/mol. The first-order valence-electron chi connectivity index (χ1n) is 7.66. The highest BCUT2D eigenvalue weighted by molar-refractivity contribution is 7.99. The van der Waals surface area contributed by atoms with Gasteiger partial charge in [-0.25, -0.2) is 10.2 Å². The van der Waals surface area contributed by atoms with E-state index in [1.54, 1.807) is 24.3 Å².